The maximum Gasteiger partial charge on any atom is 0.254 e. The number of fused-ring (bicyclic) bond motifs is 2. The van der Waals surface area contributed by atoms with Crippen LogP contribution >= 0.6 is 0 Å². The van der Waals surface area contributed by atoms with Crippen molar-refractivity contribution < 1.29 is 13.6 Å². The van der Waals surface area contributed by atoms with Crippen molar-refractivity contribution in [2.75, 3.05) is 0 Å². The first-order valence-electron chi connectivity index (χ1n) is 12.6. The van der Waals surface area contributed by atoms with Crippen LogP contribution in [-0.2, 0) is 6.54 Å². The smallest absolute Gasteiger partial charge is 0.254 e. The summed E-state index contributed by atoms with van der Waals surface area (Å²) in [6, 6.07) is 11.8. The number of aromatic nitrogens is 3. The number of amidine groups is 1. The molecule has 1 fully saturated rings. The fourth-order valence-electron chi connectivity index (χ4n) is 5.83. The van der Waals surface area contributed by atoms with Crippen LogP contribution in [0.2, 0.25) is 0 Å². The minimum atomic E-state index is -0.447. The molecule has 0 saturated heterocycles. The van der Waals surface area contributed by atoms with E-state index in [2.05, 4.69) is 9.98 Å². The highest BCUT2D eigenvalue weighted by Gasteiger charge is 2.39. The Hall–Kier alpha value is -4.51. The number of hydrogen-bond acceptors (Lipinski definition) is 5. The lowest BCUT2D eigenvalue weighted by Crippen LogP contribution is -2.45. The molecule has 3 atom stereocenters. The van der Waals surface area contributed by atoms with Crippen molar-refractivity contribution in [3.8, 4) is 11.4 Å². The van der Waals surface area contributed by atoms with Crippen LogP contribution in [0.5, 0.6) is 0 Å². The van der Waals surface area contributed by atoms with Gasteiger partial charge in [-0.1, -0.05) is 18.2 Å². The van der Waals surface area contributed by atoms with Crippen LogP contribution in [0.3, 0.4) is 0 Å². The van der Waals surface area contributed by atoms with Gasteiger partial charge in [0.1, 0.15) is 35.0 Å². The first-order chi connectivity index (χ1) is 18.8. The molecule has 198 valence electrons. The number of halogens is 2. The van der Waals surface area contributed by atoms with Crippen molar-refractivity contribution in [3.63, 3.8) is 0 Å². The van der Waals surface area contributed by atoms with E-state index in [4.69, 9.17) is 21.9 Å². The maximum atomic E-state index is 15.1. The molecule has 3 unspecified atom stereocenters. The van der Waals surface area contributed by atoms with E-state index in [9.17, 15) is 9.18 Å². The summed E-state index contributed by atoms with van der Waals surface area (Å²) < 4.78 is 30.9. The van der Waals surface area contributed by atoms with Gasteiger partial charge in [-0.15, -0.1) is 0 Å². The molecule has 3 heterocycles. The van der Waals surface area contributed by atoms with Gasteiger partial charge in [-0.25, -0.2) is 18.8 Å². The van der Waals surface area contributed by atoms with Crippen LogP contribution in [0.1, 0.15) is 46.9 Å². The van der Waals surface area contributed by atoms with Gasteiger partial charge in [0.25, 0.3) is 5.91 Å². The van der Waals surface area contributed by atoms with Crippen LogP contribution < -0.4 is 11.5 Å². The Morgan fingerprint density at radius 1 is 1.08 bits per heavy atom. The third-order valence-corrected chi connectivity index (χ3v) is 7.56. The Labute approximate surface area is 222 Å². The zero-order valence-electron chi connectivity index (χ0n) is 20.9. The molecular weight excluding hydrogens is 502 g/mol. The molecule has 6 rings (SSSR count). The van der Waals surface area contributed by atoms with Gasteiger partial charge < -0.3 is 20.9 Å². The molecule has 2 aliphatic rings. The van der Waals surface area contributed by atoms with E-state index in [1.807, 2.05) is 4.57 Å². The number of carbonyl (C=O) groups excluding carboxylic acids is 1. The van der Waals surface area contributed by atoms with Crippen molar-refractivity contribution in [1.29, 1.82) is 5.41 Å². The van der Waals surface area contributed by atoms with E-state index in [1.54, 1.807) is 41.4 Å². The third-order valence-electron chi connectivity index (χ3n) is 7.56. The second kappa shape index (κ2) is 9.66. The first kappa shape index (κ1) is 24.8. The van der Waals surface area contributed by atoms with Gasteiger partial charge in [0, 0.05) is 30.2 Å². The molecule has 4 aromatic rings. The number of pyridine rings is 1. The molecule has 2 aromatic heterocycles. The maximum absolute atomic E-state index is 15.1. The predicted octanol–water partition coefficient (Wildman–Crippen LogP) is 3.77. The lowest BCUT2D eigenvalue weighted by atomic mass is 9.86. The lowest BCUT2D eigenvalue weighted by molar-refractivity contribution is 0.0615. The number of nitrogens with two attached hydrogens (primary N) is 2. The molecule has 1 aliphatic carbocycles. The molecular formula is C28H26F2N8O. The van der Waals surface area contributed by atoms with Gasteiger partial charge in [-0.2, -0.15) is 0 Å². The highest BCUT2D eigenvalue weighted by molar-refractivity contribution is 6.01. The molecule has 0 bridgehead atoms. The second-order valence-electron chi connectivity index (χ2n) is 10.00. The van der Waals surface area contributed by atoms with E-state index in [1.165, 1.54) is 18.2 Å². The fourth-order valence-corrected chi connectivity index (χ4v) is 5.83. The monoisotopic (exact) mass is 528 g/mol. The topological polar surface area (TPSA) is 139 Å². The first-order valence-corrected chi connectivity index (χ1v) is 12.6. The fraction of sp³-hybridized carbons (Fsp3) is 0.250. The number of imidazole rings is 1. The molecule has 1 aliphatic heterocycles. The quantitative estimate of drug-likeness (QED) is 0.267. The van der Waals surface area contributed by atoms with Gasteiger partial charge >= 0.3 is 0 Å². The van der Waals surface area contributed by atoms with Gasteiger partial charge in [-0.05, 0) is 55.2 Å². The number of amides is 1. The molecule has 0 spiro atoms. The summed E-state index contributed by atoms with van der Waals surface area (Å²) in [6.45, 7) is 0.383. The van der Waals surface area contributed by atoms with Gasteiger partial charge in [0.05, 0.1) is 17.3 Å². The molecule has 2 aromatic carbocycles. The van der Waals surface area contributed by atoms with Gasteiger partial charge in [-0.3, -0.25) is 15.2 Å². The summed E-state index contributed by atoms with van der Waals surface area (Å²) in [4.78, 5) is 27.9. The van der Waals surface area contributed by atoms with E-state index in [-0.39, 0.29) is 29.9 Å². The van der Waals surface area contributed by atoms with Gasteiger partial charge in [0.2, 0.25) is 0 Å². The zero-order chi connectivity index (χ0) is 27.3. The van der Waals surface area contributed by atoms with E-state index < -0.39 is 11.6 Å². The summed E-state index contributed by atoms with van der Waals surface area (Å²) in [7, 11) is 0. The van der Waals surface area contributed by atoms with E-state index >= 15 is 4.39 Å². The summed E-state index contributed by atoms with van der Waals surface area (Å²) in [6.07, 6.45) is 4.10. The highest BCUT2D eigenvalue weighted by atomic mass is 19.1. The molecule has 1 amide bonds. The van der Waals surface area contributed by atoms with Crippen LogP contribution in [-0.4, -0.2) is 49.6 Å². The Morgan fingerprint density at radius 2 is 1.87 bits per heavy atom. The molecule has 11 heteroatoms. The summed E-state index contributed by atoms with van der Waals surface area (Å²) >= 11 is 0. The van der Waals surface area contributed by atoms with Crippen molar-refractivity contribution in [2.45, 2.75) is 43.9 Å². The Bertz CT molecular complexity index is 1650. The van der Waals surface area contributed by atoms with E-state index in [0.717, 1.165) is 11.9 Å². The Morgan fingerprint density at radius 3 is 2.67 bits per heavy atom. The van der Waals surface area contributed by atoms with Gasteiger partial charge in [0.15, 0.2) is 5.84 Å². The average Bonchev–Trinajstić information content (AvgIpc) is 3.46. The highest BCUT2D eigenvalue weighted by Crippen LogP contribution is 2.39. The number of carbonyl (C=O) groups is 1. The number of nitrogens with one attached hydrogen (secondary N) is 1. The summed E-state index contributed by atoms with van der Waals surface area (Å²) in [5.74, 6) is -0.597. The van der Waals surface area contributed by atoms with Crippen molar-refractivity contribution in [2.24, 2.45) is 16.5 Å². The SMILES string of the molecule is N=CN=C(N)c1cc2c(cn1)nc(-c1ccccc1F)n2C1CC(N)CC(N2Cc3ccc(F)cc3C2=O)C1. The molecule has 39 heavy (non-hydrogen) atoms. The number of rotatable bonds is 5. The van der Waals surface area contributed by atoms with Crippen molar-refractivity contribution in [1.82, 2.24) is 19.4 Å². The Balaban J connectivity index is 1.45. The minimum Gasteiger partial charge on any atom is -0.382 e. The summed E-state index contributed by atoms with van der Waals surface area (Å²) in [5, 5.41) is 7.24. The average molecular weight is 529 g/mol. The molecule has 1 saturated carbocycles. The second-order valence-corrected chi connectivity index (χ2v) is 10.00. The third kappa shape index (κ3) is 4.34. The molecule has 0 radical (unpaired) electrons. The molecule has 5 N–H and O–H groups in total. The minimum absolute atomic E-state index is 0.0676. The van der Waals surface area contributed by atoms with Crippen LogP contribution in [0.25, 0.3) is 22.4 Å². The summed E-state index contributed by atoms with van der Waals surface area (Å²) in [5.41, 5.74) is 15.6. The van der Waals surface area contributed by atoms with E-state index in [0.29, 0.717) is 59.5 Å². The van der Waals surface area contributed by atoms with Crippen LogP contribution in [0.4, 0.5) is 8.78 Å². The zero-order valence-corrected chi connectivity index (χ0v) is 20.9. The number of hydrogen-bond donors (Lipinski definition) is 3. The van der Waals surface area contributed by atoms with Crippen molar-refractivity contribution in [3.05, 3.63) is 83.2 Å². The largest absolute Gasteiger partial charge is 0.382 e. The normalized spacial score (nSPS) is 21.4. The predicted molar refractivity (Wildman–Crippen MR) is 143 cm³/mol. The van der Waals surface area contributed by atoms with Crippen molar-refractivity contribution >= 4 is 29.1 Å². The molecule has 9 nitrogen and oxygen atoms in total. The van der Waals surface area contributed by atoms with Crippen LogP contribution in [0, 0.1) is 17.0 Å². The number of aliphatic imine (C=N–C) groups is 1. The lowest BCUT2D eigenvalue weighted by Gasteiger charge is -2.39. The number of benzene rings is 2. The van der Waals surface area contributed by atoms with Crippen LogP contribution in [0.15, 0.2) is 59.7 Å². The standard InChI is InChI=1S/C28H26F2N8O/c29-16-6-5-15-13-37(28(39)21(15)7-16)18-8-17(32)9-19(10-18)38-25-11-23(26(33)35-14-31)34-12-24(25)36-27(38)20-3-1-2-4-22(20)30/h1-7,11-12,14,17-19H,8-10,13,32H2,(H3,31,33,35). The number of nitrogens with zero attached hydrogens (tertiary/aromatic N) is 5. The Kier molecular flexibility index (Phi) is 6.15.